The van der Waals surface area contributed by atoms with Crippen LogP contribution in [0, 0.1) is 0 Å². The van der Waals surface area contributed by atoms with Crippen molar-refractivity contribution in [1.29, 1.82) is 0 Å². The molecule has 1 aromatic carbocycles. The van der Waals surface area contributed by atoms with Crippen molar-refractivity contribution in [2.24, 2.45) is 0 Å². The summed E-state index contributed by atoms with van der Waals surface area (Å²) in [5.74, 6) is -0.324. The Morgan fingerprint density at radius 2 is 1.81 bits per heavy atom. The van der Waals surface area contributed by atoms with Crippen LogP contribution in [-0.2, 0) is 0 Å². The summed E-state index contributed by atoms with van der Waals surface area (Å²) in [5, 5.41) is 2.94. The van der Waals surface area contributed by atoms with Crippen molar-refractivity contribution in [3.05, 3.63) is 65.5 Å². The summed E-state index contributed by atoms with van der Waals surface area (Å²) in [6, 6.07) is 12.9. The summed E-state index contributed by atoms with van der Waals surface area (Å²) in [7, 11) is 0. The van der Waals surface area contributed by atoms with Gasteiger partial charge >= 0.3 is 0 Å². The van der Waals surface area contributed by atoms with Crippen LogP contribution in [0.3, 0.4) is 0 Å². The number of likely N-dealkylation sites (N-methyl/N-ethyl adjacent to an activating group) is 1. The van der Waals surface area contributed by atoms with E-state index in [9.17, 15) is 9.59 Å². The van der Waals surface area contributed by atoms with Gasteiger partial charge in [-0.25, -0.2) is 0 Å². The van der Waals surface area contributed by atoms with E-state index in [-0.39, 0.29) is 23.6 Å². The molecule has 1 atom stereocenters. The van der Waals surface area contributed by atoms with Crippen LogP contribution in [0.2, 0.25) is 0 Å². The standard InChI is InChI=1S/C21H26N4O2/c1-3-24-11-13-25(14-12-24)21(27)18-9-10-22-19(15-18)20(26)23-16(2)17-7-5-4-6-8-17/h4-10,15-16H,3,11-14H2,1-2H3,(H,23,26). The topological polar surface area (TPSA) is 65.5 Å². The van der Waals surface area contributed by atoms with E-state index >= 15 is 0 Å². The van der Waals surface area contributed by atoms with Gasteiger partial charge in [0.15, 0.2) is 0 Å². The molecule has 6 heteroatoms. The molecule has 1 aromatic heterocycles. The predicted molar refractivity (Wildman–Crippen MR) is 105 cm³/mol. The first-order valence-corrected chi connectivity index (χ1v) is 9.42. The van der Waals surface area contributed by atoms with Crippen molar-refractivity contribution in [1.82, 2.24) is 20.1 Å². The third-order valence-corrected chi connectivity index (χ3v) is 4.99. The second-order valence-corrected chi connectivity index (χ2v) is 6.76. The zero-order chi connectivity index (χ0) is 19.2. The Labute approximate surface area is 160 Å². The first-order valence-electron chi connectivity index (χ1n) is 9.42. The molecule has 2 aromatic rings. The fraction of sp³-hybridized carbons (Fsp3) is 0.381. The first-order chi connectivity index (χ1) is 13.1. The van der Waals surface area contributed by atoms with E-state index in [0.29, 0.717) is 18.7 Å². The van der Waals surface area contributed by atoms with E-state index in [1.807, 2.05) is 42.2 Å². The predicted octanol–water partition coefficient (Wildman–Crippen LogP) is 2.35. The van der Waals surface area contributed by atoms with Crippen LogP contribution < -0.4 is 5.32 Å². The van der Waals surface area contributed by atoms with Crippen LogP contribution in [-0.4, -0.2) is 59.3 Å². The maximum atomic E-state index is 12.8. The molecule has 0 spiro atoms. The number of nitrogens with zero attached hydrogens (tertiary/aromatic N) is 3. The van der Waals surface area contributed by atoms with Gasteiger partial charge in [0, 0.05) is 37.9 Å². The Bertz CT molecular complexity index is 786. The van der Waals surface area contributed by atoms with Gasteiger partial charge < -0.3 is 15.1 Å². The fourth-order valence-electron chi connectivity index (χ4n) is 3.23. The average Bonchev–Trinajstić information content (AvgIpc) is 2.74. The lowest BCUT2D eigenvalue weighted by atomic mass is 10.1. The van der Waals surface area contributed by atoms with Crippen LogP contribution in [0.15, 0.2) is 48.7 Å². The molecule has 1 aliphatic heterocycles. The fourth-order valence-corrected chi connectivity index (χ4v) is 3.23. The number of carbonyl (C=O) groups is 2. The normalized spacial score (nSPS) is 16.0. The monoisotopic (exact) mass is 366 g/mol. The van der Waals surface area contributed by atoms with Gasteiger partial charge in [0.25, 0.3) is 11.8 Å². The van der Waals surface area contributed by atoms with Gasteiger partial charge in [-0.15, -0.1) is 0 Å². The van der Waals surface area contributed by atoms with Crippen LogP contribution in [0.4, 0.5) is 0 Å². The van der Waals surface area contributed by atoms with Crippen LogP contribution in [0.1, 0.15) is 46.3 Å². The molecule has 0 bridgehead atoms. The highest BCUT2D eigenvalue weighted by Gasteiger charge is 2.22. The van der Waals surface area contributed by atoms with Gasteiger partial charge in [0.2, 0.25) is 0 Å². The zero-order valence-electron chi connectivity index (χ0n) is 15.9. The lowest BCUT2D eigenvalue weighted by Gasteiger charge is -2.34. The first kappa shape index (κ1) is 19.0. The highest BCUT2D eigenvalue weighted by molar-refractivity contribution is 5.98. The lowest BCUT2D eigenvalue weighted by molar-refractivity contribution is 0.0643. The van der Waals surface area contributed by atoms with E-state index in [1.165, 1.54) is 6.20 Å². The zero-order valence-corrected chi connectivity index (χ0v) is 15.9. The average molecular weight is 366 g/mol. The van der Waals surface area contributed by atoms with Gasteiger partial charge in [-0.05, 0) is 31.2 Å². The summed E-state index contributed by atoms with van der Waals surface area (Å²) in [5.41, 5.74) is 1.79. The molecule has 27 heavy (non-hydrogen) atoms. The summed E-state index contributed by atoms with van der Waals surface area (Å²) in [4.78, 5) is 33.6. The van der Waals surface area contributed by atoms with E-state index < -0.39 is 0 Å². The molecule has 1 saturated heterocycles. The summed E-state index contributed by atoms with van der Waals surface area (Å²) in [6.45, 7) is 8.24. The van der Waals surface area contributed by atoms with Crippen LogP contribution >= 0.6 is 0 Å². The highest BCUT2D eigenvalue weighted by atomic mass is 16.2. The van der Waals surface area contributed by atoms with Crippen molar-refractivity contribution >= 4 is 11.8 Å². The summed E-state index contributed by atoms with van der Waals surface area (Å²) >= 11 is 0. The van der Waals surface area contributed by atoms with Crippen molar-refractivity contribution in [2.75, 3.05) is 32.7 Å². The number of hydrogen-bond donors (Lipinski definition) is 1. The largest absolute Gasteiger partial charge is 0.344 e. The molecule has 2 heterocycles. The van der Waals surface area contributed by atoms with Gasteiger partial charge in [-0.3, -0.25) is 14.6 Å². The SMILES string of the molecule is CCN1CCN(C(=O)c2ccnc(C(=O)NC(C)c3ccccc3)c2)CC1. The molecule has 1 unspecified atom stereocenters. The van der Waals surface area contributed by atoms with E-state index in [0.717, 1.165) is 25.2 Å². The number of aromatic nitrogens is 1. The Morgan fingerprint density at radius 3 is 2.48 bits per heavy atom. The number of rotatable bonds is 5. The molecule has 3 rings (SSSR count). The quantitative estimate of drug-likeness (QED) is 0.882. The third-order valence-electron chi connectivity index (χ3n) is 4.99. The maximum absolute atomic E-state index is 12.8. The number of benzene rings is 1. The minimum Gasteiger partial charge on any atom is -0.344 e. The summed E-state index contributed by atoms with van der Waals surface area (Å²) in [6.07, 6.45) is 1.53. The van der Waals surface area contributed by atoms with E-state index in [4.69, 9.17) is 0 Å². The second-order valence-electron chi connectivity index (χ2n) is 6.76. The second kappa shape index (κ2) is 8.77. The molecule has 1 N–H and O–H groups in total. The molecule has 2 amide bonds. The number of carbonyl (C=O) groups excluding carboxylic acids is 2. The Kier molecular flexibility index (Phi) is 6.19. The van der Waals surface area contributed by atoms with Crippen molar-refractivity contribution < 1.29 is 9.59 Å². The van der Waals surface area contributed by atoms with Gasteiger partial charge in [-0.2, -0.15) is 0 Å². The van der Waals surface area contributed by atoms with E-state index in [2.05, 4.69) is 22.1 Å². The summed E-state index contributed by atoms with van der Waals surface area (Å²) < 4.78 is 0. The minimum absolute atomic E-state index is 0.0432. The van der Waals surface area contributed by atoms with E-state index in [1.54, 1.807) is 12.1 Å². The third kappa shape index (κ3) is 4.71. The Balaban J connectivity index is 1.66. The molecule has 6 nitrogen and oxygen atoms in total. The van der Waals surface area contributed by atoms with Crippen molar-refractivity contribution in [3.8, 4) is 0 Å². The molecule has 0 aliphatic carbocycles. The van der Waals surface area contributed by atoms with Gasteiger partial charge in [0.1, 0.15) is 5.69 Å². The molecule has 142 valence electrons. The Hall–Kier alpha value is -2.73. The molecular weight excluding hydrogens is 340 g/mol. The van der Waals surface area contributed by atoms with Crippen LogP contribution in [0.5, 0.6) is 0 Å². The minimum atomic E-state index is -0.281. The van der Waals surface area contributed by atoms with Gasteiger partial charge in [0.05, 0.1) is 6.04 Å². The lowest BCUT2D eigenvalue weighted by Crippen LogP contribution is -2.48. The molecule has 1 fully saturated rings. The van der Waals surface area contributed by atoms with Gasteiger partial charge in [-0.1, -0.05) is 37.3 Å². The van der Waals surface area contributed by atoms with Crippen LogP contribution in [0.25, 0.3) is 0 Å². The smallest absolute Gasteiger partial charge is 0.270 e. The number of pyridine rings is 1. The molecule has 1 aliphatic rings. The van der Waals surface area contributed by atoms with Crippen molar-refractivity contribution in [3.63, 3.8) is 0 Å². The number of piperazine rings is 1. The van der Waals surface area contributed by atoms with Crippen molar-refractivity contribution in [2.45, 2.75) is 19.9 Å². The number of nitrogens with one attached hydrogen (secondary N) is 1. The molecule has 0 radical (unpaired) electrons. The maximum Gasteiger partial charge on any atom is 0.270 e. The number of amides is 2. The molecule has 0 saturated carbocycles. The molecular formula is C21H26N4O2. The highest BCUT2D eigenvalue weighted by Crippen LogP contribution is 2.13. The Morgan fingerprint density at radius 1 is 1.11 bits per heavy atom. The number of hydrogen-bond acceptors (Lipinski definition) is 4.